The van der Waals surface area contributed by atoms with Crippen LogP contribution in [0.1, 0.15) is 34.1 Å². The molecule has 2 rings (SSSR count). The number of halogens is 1. The third-order valence-electron chi connectivity index (χ3n) is 3.92. The third kappa shape index (κ3) is 7.76. The van der Waals surface area contributed by atoms with Gasteiger partial charge in [-0.05, 0) is 31.5 Å². The second-order valence-corrected chi connectivity index (χ2v) is 5.70. The Bertz CT molecular complexity index is 607. The van der Waals surface area contributed by atoms with E-state index in [0.29, 0.717) is 25.6 Å². The SMILES string of the molecule is C#C.C=C(C)NCN(C(=C)CC)c1ccc(N2CCOCC2)c(F)c1.CC. The van der Waals surface area contributed by atoms with Crippen LogP contribution in [0.5, 0.6) is 0 Å². The van der Waals surface area contributed by atoms with E-state index in [-0.39, 0.29) is 5.82 Å². The van der Waals surface area contributed by atoms with Gasteiger partial charge in [0.25, 0.3) is 0 Å². The van der Waals surface area contributed by atoms with E-state index in [4.69, 9.17) is 4.74 Å². The van der Waals surface area contributed by atoms with E-state index in [0.717, 1.165) is 36.6 Å². The number of benzene rings is 1. The lowest BCUT2D eigenvalue weighted by Gasteiger charge is -2.31. The number of nitrogens with zero attached hydrogens (tertiary/aromatic N) is 2. The molecule has 150 valence electrons. The Kier molecular flexibility index (Phi) is 12.5. The fraction of sp³-hybridized carbons (Fsp3) is 0.455. The average molecular weight is 376 g/mol. The first-order valence-electron chi connectivity index (χ1n) is 9.33. The number of terminal acetylenes is 1. The molecule has 1 aromatic rings. The highest BCUT2D eigenvalue weighted by Gasteiger charge is 2.17. The van der Waals surface area contributed by atoms with Crippen LogP contribution in [-0.2, 0) is 4.74 Å². The molecule has 4 nitrogen and oxygen atoms in total. The Morgan fingerprint density at radius 3 is 2.33 bits per heavy atom. The number of hydrogen-bond donors (Lipinski definition) is 1. The molecule has 0 spiro atoms. The Morgan fingerprint density at radius 2 is 1.85 bits per heavy atom. The van der Waals surface area contributed by atoms with Gasteiger partial charge in [-0.25, -0.2) is 4.39 Å². The fourth-order valence-electron chi connectivity index (χ4n) is 2.51. The molecule has 1 fully saturated rings. The van der Waals surface area contributed by atoms with Gasteiger partial charge in [-0.1, -0.05) is 33.9 Å². The van der Waals surface area contributed by atoms with Gasteiger partial charge in [-0.15, -0.1) is 12.8 Å². The zero-order chi connectivity index (χ0) is 20.8. The minimum Gasteiger partial charge on any atom is -0.378 e. The molecule has 1 aliphatic heterocycles. The summed E-state index contributed by atoms with van der Waals surface area (Å²) in [6.45, 7) is 19.1. The van der Waals surface area contributed by atoms with Gasteiger partial charge in [-0.2, -0.15) is 0 Å². The molecule has 0 bridgehead atoms. The number of hydrogen-bond acceptors (Lipinski definition) is 4. The van der Waals surface area contributed by atoms with E-state index in [1.165, 1.54) is 0 Å². The van der Waals surface area contributed by atoms with Crippen molar-refractivity contribution in [3.8, 4) is 12.8 Å². The van der Waals surface area contributed by atoms with Crippen molar-refractivity contribution < 1.29 is 9.13 Å². The highest BCUT2D eigenvalue weighted by atomic mass is 19.1. The molecule has 1 heterocycles. The van der Waals surface area contributed by atoms with Crippen LogP contribution in [0.3, 0.4) is 0 Å². The van der Waals surface area contributed by atoms with Crippen molar-refractivity contribution in [2.24, 2.45) is 0 Å². The maximum Gasteiger partial charge on any atom is 0.148 e. The molecule has 1 aliphatic rings. The summed E-state index contributed by atoms with van der Waals surface area (Å²) in [5.41, 5.74) is 3.22. The first kappa shape index (κ1) is 24.6. The summed E-state index contributed by atoms with van der Waals surface area (Å²) in [5, 5.41) is 3.18. The summed E-state index contributed by atoms with van der Waals surface area (Å²) in [5.74, 6) is -0.214. The van der Waals surface area contributed by atoms with Crippen LogP contribution in [0.25, 0.3) is 0 Å². The van der Waals surface area contributed by atoms with Gasteiger partial charge in [0.15, 0.2) is 0 Å². The predicted octanol–water partition coefficient (Wildman–Crippen LogP) is 4.75. The number of allylic oxidation sites excluding steroid dienone is 2. The van der Waals surface area contributed by atoms with Crippen molar-refractivity contribution in [1.29, 1.82) is 0 Å². The summed E-state index contributed by atoms with van der Waals surface area (Å²) in [6, 6.07) is 5.35. The normalized spacial score (nSPS) is 12.6. The molecular weight excluding hydrogens is 341 g/mol. The van der Waals surface area contributed by atoms with Crippen LogP contribution >= 0.6 is 0 Å². The molecule has 0 radical (unpaired) electrons. The van der Waals surface area contributed by atoms with Gasteiger partial charge >= 0.3 is 0 Å². The molecule has 0 atom stereocenters. The van der Waals surface area contributed by atoms with E-state index >= 15 is 0 Å². The standard InChI is InChI=1S/C18H26FN3O.C2H6.C2H2/c1-5-15(4)22(13-20-14(2)3)16-6-7-18(17(19)12-16)21-8-10-23-11-9-21;2*1-2/h6-7,12,20H,2,4-5,8-11,13H2,1,3H3;1-2H3;1-2H. The zero-order valence-corrected chi connectivity index (χ0v) is 17.2. The molecule has 0 unspecified atom stereocenters. The van der Waals surface area contributed by atoms with E-state index in [9.17, 15) is 4.39 Å². The highest BCUT2D eigenvalue weighted by Crippen LogP contribution is 2.27. The van der Waals surface area contributed by atoms with Gasteiger partial charge < -0.3 is 19.9 Å². The van der Waals surface area contributed by atoms with Crippen molar-refractivity contribution in [3.05, 3.63) is 48.6 Å². The van der Waals surface area contributed by atoms with Gasteiger partial charge in [0, 0.05) is 30.2 Å². The first-order valence-corrected chi connectivity index (χ1v) is 9.33. The van der Waals surface area contributed by atoms with Gasteiger partial charge in [0.2, 0.25) is 0 Å². The zero-order valence-electron chi connectivity index (χ0n) is 17.2. The molecule has 5 heteroatoms. The molecule has 27 heavy (non-hydrogen) atoms. The number of nitrogens with one attached hydrogen (secondary N) is 1. The van der Waals surface area contributed by atoms with Crippen LogP contribution in [0, 0.1) is 18.7 Å². The minimum atomic E-state index is -0.214. The Hall–Kier alpha value is -2.45. The third-order valence-corrected chi connectivity index (χ3v) is 3.92. The monoisotopic (exact) mass is 375 g/mol. The quantitative estimate of drug-likeness (QED) is 0.550. The lowest BCUT2D eigenvalue weighted by molar-refractivity contribution is 0.122. The van der Waals surface area contributed by atoms with Gasteiger partial charge in [0.05, 0.1) is 25.6 Å². The summed E-state index contributed by atoms with van der Waals surface area (Å²) in [6.07, 6.45) is 8.80. The topological polar surface area (TPSA) is 27.7 Å². The van der Waals surface area contributed by atoms with E-state index in [2.05, 4.69) is 31.3 Å². The summed E-state index contributed by atoms with van der Waals surface area (Å²) < 4.78 is 19.9. The molecular formula is C22H34FN3O. The molecule has 0 amide bonds. The second kappa shape index (κ2) is 13.7. The molecule has 1 saturated heterocycles. The second-order valence-electron chi connectivity index (χ2n) is 5.70. The van der Waals surface area contributed by atoms with Gasteiger partial charge in [-0.3, -0.25) is 0 Å². The Labute approximate surface area is 164 Å². The van der Waals surface area contributed by atoms with Gasteiger partial charge in [0.1, 0.15) is 5.82 Å². The molecule has 0 aliphatic carbocycles. The van der Waals surface area contributed by atoms with Crippen molar-refractivity contribution in [2.45, 2.75) is 34.1 Å². The average Bonchev–Trinajstić information content (AvgIpc) is 2.71. The highest BCUT2D eigenvalue weighted by molar-refractivity contribution is 5.60. The molecule has 1 aromatic carbocycles. The van der Waals surface area contributed by atoms with Crippen LogP contribution in [0.15, 0.2) is 42.8 Å². The summed E-state index contributed by atoms with van der Waals surface area (Å²) >= 11 is 0. The largest absolute Gasteiger partial charge is 0.378 e. The van der Waals surface area contributed by atoms with Crippen molar-refractivity contribution in [2.75, 3.05) is 42.8 Å². The summed E-state index contributed by atoms with van der Waals surface area (Å²) in [7, 11) is 0. The maximum absolute atomic E-state index is 14.6. The predicted molar refractivity (Wildman–Crippen MR) is 115 cm³/mol. The van der Waals surface area contributed by atoms with Crippen molar-refractivity contribution in [1.82, 2.24) is 5.32 Å². The smallest absolute Gasteiger partial charge is 0.148 e. The van der Waals surface area contributed by atoms with Crippen LogP contribution < -0.4 is 15.1 Å². The van der Waals surface area contributed by atoms with Crippen LogP contribution in [-0.4, -0.2) is 33.0 Å². The lowest BCUT2D eigenvalue weighted by Crippen LogP contribution is -2.37. The Morgan fingerprint density at radius 1 is 1.26 bits per heavy atom. The Balaban J connectivity index is 0.00000158. The van der Waals surface area contributed by atoms with E-state index in [1.807, 2.05) is 49.6 Å². The van der Waals surface area contributed by atoms with Crippen LogP contribution in [0.4, 0.5) is 15.8 Å². The molecule has 1 N–H and O–H groups in total. The maximum atomic E-state index is 14.6. The lowest BCUT2D eigenvalue weighted by atomic mass is 10.2. The van der Waals surface area contributed by atoms with E-state index < -0.39 is 0 Å². The molecule has 0 saturated carbocycles. The number of anilines is 2. The number of ether oxygens (including phenoxy) is 1. The van der Waals surface area contributed by atoms with E-state index in [1.54, 1.807) is 6.07 Å². The number of rotatable bonds is 7. The first-order chi connectivity index (χ1) is 13.0. The van der Waals surface area contributed by atoms with Crippen molar-refractivity contribution >= 4 is 11.4 Å². The van der Waals surface area contributed by atoms with Crippen molar-refractivity contribution in [3.63, 3.8) is 0 Å². The van der Waals surface area contributed by atoms with Crippen LogP contribution in [0.2, 0.25) is 0 Å². The summed E-state index contributed by atoms with van der Waals surface area (Å²) in [4.78, 5) is 3.99. The number of morpholine rings is 1. The fourth-order valence-corrected chi connectivity index (χ4v) is 2.51. The molecule has 0 aromatic heterocycles. The minimum absolute atomic E-state index is 0.214.